The van der Waals surface area contributed by atoms with Crippen molar-refractivity contribution >= 4 is 19.7 Å². The van der Waals surface area contributed by atoms with Gasteiger partial charge in [-0.2, -0.15) is 0 Å². The minimum atomic E-state index is -3.44. The number of hydrogen-bond donors (Lipinski definition) is 0. The smallest absolute Gasteiger partial charge is 0.233 e. The second-order valence-corrected chi connectivity index (χ2v) is 8.63. The van der Waals surface area contributed by atoms with Gasteiger partial charge in [0.25, 0.3) is 0 Å². The first kappa shape index (κ1) is 17.3. The van der Waals surface area contributed by atoms with E-state index in [2.05, 4.69) is 6.92 Å². The summed E-state index contributed by atoms with van der Waals surface area (Å²) in [6.45, 7) is 3.47. The van der Waals surface area contributed by atoms with E-state index in [-0.39, 0.29) is 11.2 Å². The van der Waals surface area contributed by atoms with Gasteiger partial charge in [-0.05, 0) is 19.3 Å². The maximum absolute atomic E-state index is 11.4. The van der Waals surface area contributed by atoms with E-state index < -0.39 is 9.05 Å². The second kappa shape index (κ2) is 8.48. The first-order chi connectivity index (χ1) is 8.97. The Kier molecular flexibility index (Phi) is 7.70. The third-order valence-electron chi connectivity index (χ3n) is 3.94. The summed E-state index contributed by atoms with van der Waals surface area (Å²) in [6.07, 6.45) is 9.94. The quantitative estimate of drug-likeness (QED) is 0.475. The van der Waals surface area contributed by atoms with E-state index >= 15 is 0 Å². The van der Waals surface area contributed by atoms with Crippen molar-refractivity contribution in [2.45, 2.75) is 64.7 Å². The van der Waals surface area contributed by atoms with E-state index in [0.29, 0.717) is 6.61 Å². The van der Waals surface area contributed by atoms with Gasteiger partial charge in [0.15, 0.2) is 0 Å². The summed E-state index contributed by atoms with van der Waals surface area (Å²) in [6, 6.07) is 0. The molecular weight excluding hydrogens is 284 g/mol. The lowest BCUT2D eigenvalue weighted by atomic mass is 9.76. The summed E-state index contributed by atoms with van der Waals surface area (Å²) in [5, 5.41) is 0. The van der Waals surface area contributed by atoms with Crippen LogP contribution in [0.5, 0.6) is 0 Å². The Morgan fingerprint density at radius 1 is 1.11 bits per heavy atom. The molecule has 0 N–H and O–H groups in total. The predicted octanol–water partition coefficient (Wildman–Crippen LogP) is 4.10. The van der Waals surface area contributed by atoms with E-state index in [9.17, 15) is 8.42 Å². The van der Waals surface area contributed by atoms with Gasteiger partial charge in [-0.1, -0.05) is 45.4 Å². The van der Waals surface area contributed by atoms with Crippen molar-refractivity contribution < 1.29 is 13.2 Å². The summed E-state index contributed by atoms with van der Waals surface area (Å²) >= 11 is 0. The van der Waals surface area contributed by atoms with Crippen molar-refractivity contribution in [1.29, 1.82) is 0 Å². The van der Waals surface area contributed by atoms with Gasteiger partial charge in [0.1, 0.15) is 0 Å². The summed E-state index contributed by atoms with van der Waals surface area (Å²) in [7, 11) is 2.01. The molecule has 0 saturated heterocycles. The average Bonchev–Trinajstić information content (AvgIpc) is 2.32. The van der Waals surface area contributed by atoms with Crippen molar-refractivity contribution in [2.75, 3.05) is 19.0 Å². The normalized spacial score (nSPS) is 19.5. The SMILES string of the molecule is CCCCCCOCC1(CS(=O)(=O)Cl)CCCCC1. The van der Waals surface area contributed by atoms with Crippen LogP contribution in [-0.2, 0) is 13.8 Å². The molecule has 0 heterocycles. The molecule has 0 radical (unpaired) electrons. The predicted molar refractivity (Wildman–Crippen MR) is 80.1 cm³/mol. The topological polar surface area (TPSA) is 43.4 Å². The Bertz CT molecular complexity index is 335. The lowest BCUT2D eigenvalue weighted by molar-refractivity contribution is 0.0317. The number of unbranched alkanes of at least 4 members (excludes halogenated alkanes) is 3. The molecule has 114 valence electrons. The summed E-state index contributed by atoms with van der Waals surface area (Å²) in [4.78, 5) is 0. The van der Waals surface area contributed by atoms with Gasteiger partial charge in [0.05, 0.1) is 12.4 Å². The van der Waals surface area contributed by atoms with Crippen LogP contribution in [-0.4, -0.2) is 27.4 Å². The van der Waals surface area contributed by atoms with Gasteiger partial charge in [0.2, 0.25) is 9.05 Å². The van der Waals surface area contributed by atoms with E-state index in [4.69, 9.17) is 15.4 Å². The fourth-order valence-electron chi connectivity index (χ4n) is 2.92. The molecule has 19 heavy (non-hydrogen) atoms. The summed E-state index contributed by atoms with van der Waals surface area (Å²) in [5.41, 5.74) is -0.233. The molecule has 0 aromatic carbocycles. The molecule has 0 aliphatic heterocycles. The second-order valence-electron chi connectivity index (χ2n) is 5.86. The van der Waals surface area contributed by atoms with Crippen LogP contribution in [0, 0.1) is 5.41 Å². The molecule has 0 atom stereocenters. The summed E-state index contributed by atoms with van der Waals surface area (Å²) < 4.78 is 28.5. The zero-order valence-corrected chi connectivity index (χ0v) is 13.6. The van der Waals surface area contributed by atoms with Crippen LogP contribution >= 0.6 is 10.7 Å². The van der Waals surface area contributed by atoms with Gasteiger partial charge in [0, 0.05) is 22.7 Å². The van der Waals surface area contributed by atoms with E-state index in [1.165, 1.54) is 25.7 Å². The van der Waals surface area contributed by atoms with E-state index in [1.54, 1.807) is 0 Å². The molecule has 0 aromatic rings. The highest BCUT2D eigenvalue weighted by Crippen LogP contribution is 2.38. The minimum absolute atomic E-state index is 0.0660. The van der Waals surface area contributed by atoms with Gasteiger partial charge in [-0.15, -0.1) is 0 Å². The van der Waals surface area contributed by atoms with Crippen molar-refractivity contribution in [2.24, 2.45) is 5.41 Å². The highest BCUT2D eigenvalue weighted by molar-refractivity contribution is 8.13. The van der Waals surface area contributed by atoms with Crippen LogP contribution < -0.4 is 0 Å². The minimum Gasteiger partial charge on any atom is -0.381 e. The highest BCUT2D eigenvalue weighted by atomic mass is 35.7. The zero-order valence-electron chi connectivity index (χ0n) is 12.0. The van der Waals surface area contributed by atoms with Gasteiger partial charge < -0.3 is 4.74 Å². The Morgan fingerprint density at radius 3 is 2.37 bits per heavy atom. The Hall–Kier alpha value is 0.200. The Morgan fingerprint density at radius 2 is 1.79 bits per heavy atom. The van der Waals surface area contributed by atoms with E-state index in [0.717, 1.165) is 38.7 Å². The van der Waals surface area contributed by atoms with Crippen LogP contribution in [0.15, 0.2) is 0 Å². The third kappa shape index (κ3) is 7.52. The molecule has 3 nitrogen and oxygen atoms in total. The van der Waals surface area contributed by atoms with Crippen molar-refractivity contribution in [1.82, 2.24) is 0 Å². The molecule has 0 spiro atoms. The molecule has 1 fully saturated rings. The van der Waals surface area contributed by atoms with Crippen LogP contribution in [0.2, 0.25) is 0 Å². The van der Waals surface area contributed by atoms with Gasteiger partial charge in [-0.3, -0.25) is 0 Å². The number of halogens is 1. The van der Waals surface area contributed by atoms with E-state index in [1.807, 2.05) is 0 Å². The van der Waals surface area contributed by atoms with Crippen LogP contribution in [0.4, 0.5) is 0 Å². The molecule has 5 heteroatoms. The monoisotopic (exact) mass is 310 g/mol. The molecule has 1 aliphatic rings. The van der Waals surface area contributed by atoms with Crippen LogP contribution in [0.1, 0.15) is 64.7 Å². The highest BCUT2D eigenvalue weighted by Gasteiger charge is 2.36. The molecule has 0 amide bonds. The largest absolute Gasteiger partial charge is 0.381 e. The molecule has 1 rings (SSSR count). The lowest BCUT2D eigenvalue weighted by Crippen LogP contribution is -2.35. The zero-order chi connectivity index (χ0) is 14.2. The fraction of sp³-hybridized carbons (Fsp3) is 1.00. The number of rotatable bonds is 9. The Balaban J connectivity index is 2.37. The lowest BCUT2D eigenvalue weighted by Gasteiger charge is -2.36. The molecule has 0 bridgehead atoms. The standard InChI is InChI=1S/C14H27ClO3S/c1-2-3-4-8-11-18-12-14(13-19(15,16)17)9-6-5-7-10-14/h2-13H2,1H3. The number of hydrogen-bond acceptors (Lipinski definition) is 3. The van der Waals surface area contributed by atoms with Crippen molar-refractivity contribution in [3.8, 4) is 0 Å². The maximum Gasteiger partial charge on any atom is 0.233 e. The van der Waals surface area contributed by atoms with Crippen molar-refractivity contribution in [3.05, 3.63) is 0 Å². The molecule has 0 unspecified atom stereocenters. The molecule has 0 aromatic heterocycles. The molecule has 1 saturated carbocycles. The maximum atomic E-state index is 11.4. The molecular formula is C14H27ClO3S. The van der Waals surface area contributed by atoms with Crippen LogP contribution in [0.25, 0.3) is 0 Å². The first-order valence-corrected chi connectivity index (χ1v) is 9.95. The van der Waals surface area contributed by atoms with Crippen LogP contribution in [0.3, 0.4) is 0 Å². The average molecular weight is 311 g/mol. The third-order valence-corrected chi connectivity index (χ3v) is 5.23. The summed E-state index contributed by atoms with van der Waals surface area (Å²) in [5.74, 6) is 0.0660. The fourth-order valence-corrected chi connectivity index (χ4v) is 4.72. The first-order valence-electron chi connectivity index (χ1n) is 7.47. The Labute approximate surface area is 122 Å². The van der Waals surface area contributed by atoms with Gasteiger partial charge in [-0.25, -0.2) is 8.42 Å². The molecule has 1 aliphatic carbocycles. The van der Waals surface area contributed by atoms with Gasteiger partial charge >= 0.3 is 0 Å². The van der Waals surface area contributed by atoms with Crippen molar-refractivity contribution in [3.63, 3.8) is 0 Å². The number of ether oxygens (including phenoxy) is 1.